The summed E-state index contributed by atoms with van der Waals surface area (Å²) in [4.78, 5) is 11.6. The highest BCUT2D eigenvalue weighted by Gasteiger charge is 2.31. The van der Waals surface area contributed by atoms with Crippen molar-refractivity contribution in [2.75, 3.05) is 10.0 Å². The fourth-order valence-corrected chi connectivity index (χ4v) is 3.80. The van der Waals surface area contributed by atoms with Gasteiger partial charge in [0, 0.05) is 10.7 Å². The van der Waals surface area contributed by atoms with E-state index in [-0.39, 0.29) is 27.3 Å². The van der Waals surface area contributed by atoms with Crippen LogP contribution in [-0.4, -0.2) is 20.4 Å². The lowest BCUT2D eigenvalue weighted by molar-refractivity contribution is -0.122. The molecule has 8 heteroatoms. The number of fused-ring (bicyclic) bond motifs is 1. The maximum atomic E-state index is 12.7. The summed E-state index contributed by atoms with van der Waals surface area (Å²) in [6.07, 6.45) is -0.799. The van der Waals surface area contributed by atoms with Gasteiger partial charge in [0.15, 0.2) is 11.9 Å². The first-order chi connectivity index (χ1) is 11.3. The minimum atomic E-state index is -3.94. The number of halogens is 1. The van der Waals surface area contributed by atoms with Crippen LogP contribution in [0, 0.1) is 6.92 Å². The number of carbonyl (C=O) groups is 1. The molecule has 1 aliphatic heterocycles. The number of aryl methyl sites for hydroxylation is 1. The molecule has 2 aromatic rings. The van der Waals surface area contributed by atoms with E-state index < -0.39 is 16.1 Å². The Balaban J connectivity index is 2.05. The van der Waals surface area contributed by atoms with Gasteiger partial charge >= 0.3 is 0 Å². The van der Waals surface area contributed by atoms with E-state index in [2.05, 4.69) is 10.0 Å². The lowest BCUT2D eigenvalue weighted by atomic mass is 10.2. The number of benzene rings is 2. The lowest BCUT2D eigenvalue weighted by Crippen LogP contribution is -2.35. The molecule has 0 saturated carbocycles. The zero-order valence-electron chi connectivity index (χ0n) is 13.0. The van der Waals surface area contributed by atoms with Crippen LogP contribution >= 0.6 is 11.6 Å². The Labute approximate surface area is 144 Å². The van der Waals surface area contributed by atoms with Crippen molar-refractivity contribution in [1.29, 1.82) is 0 Å². The summed E-state index contributed by atoms with van der Waals surface area (Å²) in [5.41, 5.74) is 1.66. The summed E-state index contributed by atoms with van der Waals surface area (Å²) in [6, 6.07) is 9.66. The first-order valence-electron chi connectivity index (χ1n) is 7.17. The number of hydrogen-bond donors (Lipinski definition) is 2. The van der Waals surface area contributed by atoms with Crippen LogP contribution < -0.4 is 14.8 Å². The first-order valence-corrected chi connectivity index (χ1v) is 9.03. The van der Waals surface area contributed by atoms with Gasteiger partial charge in [0.25, 0.3) is 15.9 Å². The fourth-order valence-electron chi connectivity index (χ4n) is 2.28. The van der Waals surface area contributed by atoms with Crippen LogP contribution in [0.3, 0.4) is 0 Å². The standard InChI is InChI=1S/C16H15ClN2O4S/c1-9-3-5-12(6-4-9)19-24(21,22)14-8-11(17)7-13-15(14)23-10(2)16(20)18-13/h3-8,10,19H,1-2H3,(H,18,20). The van der Waals surface area contributed by atoms with Crippen molar-refractivity contribution in [3.8, 4) is 5.75 Å². The minimum Gasteiger partial charge on any atom is -0.477 e. The molecule has 1 heterocycles. The number of rotatable bonds is 3. The Morgan fingerprint density at radius 2 is 1.88 bits per heavy atom. The Hall–Kier alpha value is -2.25. The van der Waals surface area contributed by atoms with Gasteiger partial charge in [0.2, 0.25) is 0 Å². The van der Waals surface area contributed by atoms with Crippen molar-refractivity contribution >= 4 is 38.9 Å². The number of amides is 1. The molecule has 0 fully saturated rings. The molecule has 1 unspecified atom stereocenters. The second-order valence-electron chi connectivity index (χ2n) is 5.50. The third kappa shape index (κ3) is 3.18. The van der Waals surface area contributed by atoms with Crippen LogP contribution in [-0.2, 0) is 14.8 Å². The van der Waals surface area contributed by atoms with Gasteiger partial charge in [0.1, 0.15) is 4.90 Å². The monoisotopic (exact) mass is 366 g/mol. The second-order valence-corrected chi connectivity index (χ2v) is 7.59. The Morgan fingerprint density at radius 1 is 1.21 bits per heavy atom. The van der Waals surface area contributed by atoms with E-state index in [4.69, 9.17) is 16.3 Å². The molecule has 24 heavy (non-hydrogen) atoms. The van der Waals surface area contributed by atoms with Gasteiger partial charge in [-0.3, -0.25) is 9.52 Å². The van der Waals surface area contributed by atoms with Gasteiger partial charge in [-0.25, -0.2) is 8.42 Å². The Kier molecular flexibility index (Phi) is 4.15. The summed E-state index contributed by atoms with van der Waals surface area (Å²) in [5.74, 6) is -0.286. The predicted octanol–water partition coefficient (Wildman–Crippen LogP) is 3.17. The number of hydrogen-bond acceptors (Lipinski definition) is 4. The van der Waals surface area contributed by atoms with Crippen LogP contribution in [0.15, 0.2) is 41.3 Å². The molecule has 0 aliphatic carbocycles. The van der Waals surface area contributed by atoms with Crippen LogP contribution in [0.2, 0.25) is 5.02 Å². The molecular weight excluding hydrogens is 352 g/mol. The lowest BCUT2D eigenvalue weighted by Gasteiger charge is -2.25. The van der Waals surface area contributed by atoms with E-state index in [1.807, 2.05) is 6.92 Å². The molecule has 2 N–H and O–H groups in total. The molecule has 1 atom stereocenters. The van der Waals surface area contributed by atoms with Crippen molar-refractivity contribution in [3.05, 3.63) is 47.0 Å². The summed E-state index contributed by atoms with van der Waals surface area (Å²) >= 11 is 6.00. The second kappa shape index (κ2) is 5.99. The molecule has 126 valence electrons. The van der Waals surface area contributed by atoms with Gasteiger partial charge in [-0.05, 0) is 38.1 Å². The SMILES string of the molecule is Cc1ccc(NS(=O)(=O)c2cc(Cl)cc3c2OC(C)C(=O)N3)cc1. The minimum absolute atomic E-state index is 0.0751. The number of nitrogens with one attached hydrogen (secondary N) is 2. The summed E-state index contributed by atoms with van der Waals surface area (Å²) < 4.78 is 33.4. The van der Waals surface area contributed by atoms with E-state index >= 15 is 0 Å². The van der Waals surface area contributed by atoms with Crippen molar-refractivity contribution < 1.29 is 17.9 Å². The van der Waals surface area contributed by atoms with Crippen LogP contribution in [0.25, 0.3) is 0 Å². The predicted molar refractivity (Wildman–Crippen MR) is 92.2 cm³/mol. The normalized spacial score (nSPS) is 16.8. The summed E-state index contributed by atoms with van der Waals surface area (Å²) in [7, 11) is -3.94. The zero-order valence-corrected chi connectivity index (χ0v) is 14.5. The first kappa shape index (κ1) is 16.6. The number of anilines is 2. The number of carbonyl (C=O) groups excluding carboxylic acids is 1. The van der Waals surface area contributed by atoms with Gasteiger partial charge in [-0.2, -0.15) is 0 Å². The topological polar surface area (TPSA) is 84.5 Å². The molecule has 0 bridgehead atoms. The smallest absolute Gasteiger partial charge is 0.265 e. The fraction of sp³-hybridized carbons (Fsp3) is 0.188. The summed E-state index contributed by atoms with van der Waals surface area (Å²) in [6.45, 7) is 3.44. The molecule has 2 aromatic carbocycles. The van der Waals surface area contributed by atoms with Crippen LogP contribution in [0.5, 0.6) is 5.75 Å². The highest BCUT2D eigenvalue weighted by atomic mass is 35.5. The highest BCUT2D eigenvalue weighted by molar-refractivity contribution is 7.92. The van der Waals surface area contributed by atoms with Crippen molar-refractivity contribution in [1.82, 2.24) is 0 Å². The van der Waals surface area contributed by atoms with Gasteiger partial charge in [-0.15, -0.1) is 0 Å². The third-order valence-corrected chi connectivity index (χ3v) is 5.14. The number of ether oxygens (including phenoxy) is 1. The third-order valence-electron chi connectivity index (χ3n) is 3.53. The van der Waals surface area contributed by atoms with Crippen molar-refractivity contribution in [2.24, 2.45) is 0 Å². The molecule has 0 aromatic heterocycles. The molecule has 0 saturated heterocycles. The quantitative estimate of drug-likeness (QED) is 0.873. The van der Waals surface area contributed by atoms with E-state index in [0.29, 0.717) is 5.69 Å². The largest absolute Gasteiger partial charge is 0.477 e. The maximum Gasteiger partial charge on any atom is 0.265 e. The molecule has 1 amide bonds. The average Bonchev–Trinajstić information content (AvgIpc) is 2.50. The van der Waals surface area contributed by atoms with Gasteiger partial charge in [-0.1, -0.05) is 29.3 Å². The Bertz CT molecular complexity index is 910. The Morgan fingerprint density at radius 3 is 2.54 bits per heavy atom. The molecule has 0 spiro atoms. The molecular formula is C16H15ClN2O4S. The maximum absolute atomic E-state index is 12.7. The van der Waals surface area contributed by atoms with E-state index in [1.165, 1.54) is 19.1 Å². The van der Waals surface area contributed by atoms with Crippen LogP contribution in [0.4, 0.5) is 11.4 Å². The van der Waals surface area contributed by atoms with Crippen molar-refractivity contribution in [2.45, 2.75) is 24.8 Å². The van der Waals surface area contributed by atoms with Gasteiger partial charge < -0.3 is 10.1 Å². The average molecular weight is 367 g/mol. The molecule has 1 aliphatic rings. The molecule has 6 nitrogen and oxygen atoms in total. The molecule has 0 radical (unpaired) electrons. The molecule has 3 rings (SSSR count). The highest BCUT2D eigenvalue weighted by Crippen LogP contribution is 2.39. The van der Waals surface area contributed by atoms with E-state index in [9.17, 15) is 13.2 Å². The van der Waals surface area contributed by atoms with E-state index in [1.54, 1.807) is 24.3 Å². The van der Waals surface area contributed by atoms with Gasteiger partial charge in [0.05, 0.1) is 5.69 Å². The number of sulfonamides is 1. The van der Waals surface area contributed by atoms with Crippen LogP contribution in [0.1, 0.15) is 12.5 Å². The zero-order chi connectivity index (χ0) is 17.5. The van der Waals surface area contributed by atoms with E-state index in [0.717, 1.165) is 5.56 Å². The summed E-state index contributed by atoms with van der Waals surface area (Å²) in [5, 5.41) is 2.77. The van der Waals surface area contributed by atoms with Crippen molar-refractivity contribution in [3.63, 3.8) is 0 Å².